The molecule has 1 N–H and O–H groups in total. The van der Waals surface area contributed by atoms with Crippen molar-refractivity contribution in [3.63, 3.8) is 0 Å². The number of rotatable bonds is 2. The molecule has 1 aromatic rings. The Bertz CT molecular complexity index is 515. The highest BCUT2D eigenvalue weighted by Gasteiger charge is 2.11. The maximum Gasteiger partial charge on any atom is 0.217 e. The molecule has 1 aromatic carbocycles. The third-order valence-electron chi connectivity index (χ3n) is 1.89. The van der Waals surface area contributed by atoms with Crippen molar-refractivity contribution in [1.82, 2.24) is 5.32 Å². The molecule has 0 spiro atoms. The van der Waals surface area contributed by atoms with E-state index >= 15 is 0 Å². The second-order valence-corrected chi connectivity index (χ2v) is 3.15. The van der Waals surface area contributed by atoms with Crippen molar-refractivity contribution < 1.29 is 18.4 Å². The molecular formula is C12H9F2NO2. The molecule has 0 aliphatic carbocycles. The normalized spacial score (nSPS) is 9.12. The molecular weight excluding hydrogens is 228 g/mol. The topological polar surface area (TPSA) is 46.2 Å². The van der Waals surface area contributed by atoms with Crippen LogP contribution < -0.4 is 5.32 Å². The van der Waals surface area contributed by atoms with E-state index in [1.807, 2.05) is 0 Å². The average molecular weight is 237 g/mol. The summed E-state index contributed by atoms with van der Waals surface area (Å²) < 4.78 is 26.4. The molecule has 3 nitrogen and oxygen atoms in total. The van der Waals surface area contributed by atoms with Crippen molar-refractivity contribution in [3.8, 4) is 11.8 Å². The van der Waals surface area contributed by atoms with Crippen LogP contribution in [-0.2, 0) is 4.79 Å². The summed E-state index contributed by atoms with van der Waals surface area (Å²) in [6.07, 6.45) is 0.101. The molecule has 1 rings (SSSR count). The lowest BCUT2D eigenvalue weighted by Gasteiger charge is -1.99. The number of carbonyl (C=O) groups excluding carboxylic acids is 2. The fourth-order valence-corrected chi connectivity index (χ4v) is 1.08. The van der Waals surface area contributed by atoms with Gasteiger partial charge in [0.2, 0.25) is 5.91 Å². The summed E-state index contributed by atoms with van der Waals surface area (Å²) in [6, 6.07) is 2.10. The zero-order valence-electron chi connectivity index (χ0n) is 9.01. The van der Waals surface area contributed by atoms with Gasteiger partial charge in [-0.15, -0.1) is 0 Å². The van der Waals surface area contributed by atoms with E-state index in [1.54, 1.807) is 0 Å². The van der Waals surface area contributed by atoms with Gasteiger partial charge in [-0.3, -0.25) is 9.59 Å². The molecule has 0 radical (unpaired) electrons. The number of carbonyl (C=O) groups is 2. The predicted octanol–water partition coefficient (Wildman–Crippen LogP) is 1.26. The number of nitrogens with one attached hydrogen (secondary N) is 1. The van der Waals surface area contributed by atoms with Gasteiger partial charge in [0.15, 0.2) is 12.1 Å². The largest absolute Gasteiger partial charge is 0.345 e. The van der Waals surface area contributed by atoms with E-state index in [-0.39, 0.29) is 24.3 Å². The number of amides is 1. The molecule has 0 saturated heterocycles. The van der Waals surface area contributed by atoms with Crippen LogP contribution in [0.5, 0.6) is 0 Å². The van der Waals surface area contributed by atoms with Crippen LogP contribution in [0.4, 0.5) is 8.78 Å². The first-order chi connectivity index (χ1) is 8.06. The van der Waals surface area contributed by atoms with E-state index in [0.717, 1.165) is 12.1 Å². The van der Waals surface area contributed by atoms with E-state index in [0.29, 0.717) is 0 Å². The van der Waals surface area contributed by atoms with Crippen LogP contribution in [0.25, 0.3) is 0 Å². The van der Waals surface area contributed by atoms with Gasteiger partial charge in [0.25, 0.3) is 0 Å². The van der Waals surface area contributed by atoms with E-state index in [1.165, 1.54) is 6.92 Å². The molecule has 1 amide bonds. The third kappa shape index (κ3) is 3.38. The quantitative estimate of drug-likeness (QED) is 0.621. The van der Waals surface area contributed by atoms with E-state index in [2.05, 4.69) is 17.2 Å². The smallest absolute Gasteiger partial charge is 0.217 e. The maximum atomic E-state index is 13.5. The minimum absolute atomic E-state index is 0.0581. The number of benzene rings is 1. The van der Waals surface area contributed by atoms with Gasteiger partial charge in [0.05, 0.1) is 17.7 Å². The summed E-state index contributed by atoms with van der Waals surface area (Å²) in [4.78, 5) is 21.0. The third-order valence-corrected chi connectivity index (χ3v) is 1.89. The molecule has 5 heteroatoms. The minimum atomic E-state index is -0.990. The lowest BCUT2D eigenvalue weighted by Crippen LogP contribution is -2.19. The summed E-state index contributed by atoms with van der Waals surface area (Å²) in [6.45, 7) is 1.38. The highest BCUT2D eigenvalue weighted by Crippen LogP contribution is 2.14. The van der Waals surface area contributed by atoms with Gasteiger partial charge in [-0.05, 0) is 12.1 Å². The van der Waals surface area contributed by atoms with Crippen molar-refractivity contribution in [3.05, 3.63) is 34.9 Å². The van der Waals surface area contributed by atoms with Gasteiger partial charge >= 0.3 is 0 Å². The highest BCUT2D eigenvalue weighted by molar-refractivity contribution is 5.76. The van der Waals surface area contributed by atoms with Gasteiger partial charge < -0.3 is 5.32 Å². The highest BCUT2D eigenvalue weighted by atomic mass is 19.1. The Hall–Kier alpha value is -2.22. The second-order valence-electron chi connectivity index (χ2n) is 3.15. The molecule has 0 bridgehead atoms. The molecule has 88 valence electrons. The molecule has 0 unspecified atom stereocenters. The Morgan fingerprint density at radius 1 is 1.47 bits per heavy atom. The van der Waals surface area contributed by atoms with Crippen LogP contribution >= 0.6 is 0 Å². The predicted molar refractivity (Wildman–Crippen MR) is 57.3 cm³/mol. The lowest BCUT2D eigenvalue weighted by atomic mass is 10.1. The lowest BCUT2D eigenvalue weighted by molar-refractivity contribution is -0.118. The van der Waals surface area contributed by atoms with Gasteiger partial charge in [-0.1, -0.05) is 11.8 Å². The zero-order chi connectivity index (χ0) is 12.8. The molecule has 0 aliphatic heterocycles. The SMILES string of the molecule is CC(=O)NCC#Cc1ccc(F)c(C=O)c1F. The molecule has 0 aromatic heterocycles. The van der Waals surface area contributed by atoms with Crippen LogP contribution in [0.3, 0.4) is 0 Å². The Morgan fingerprint density at radius 3 is 2.76 bits per heavy atom. The van der Waals surface area contributed by atoms with Crippen LogP contribution in [0.1, 0.15) is 22.8 Å². The summed E-state index contributed by atoms with van der Waals surface area (Å²) in [5.41, 5.74) is -0.727. The standard InChI is InChI=1S/C12H9F2NO2/c1-8(17)15-6-2-3-9-4-5-11(13)10(7-16)12(9)14/h4-5,7H,6H2,1H3,(H,15,17). The number of hydrogen-bond acceptors (Lipinski definition) is 2. The van der Waals surface area contributed by atoms with Gasteiger partial charge in [0.1, 0.15) is 5.82 Å². The van der Waals surface area contributed by atoms with Crippen LogP contribution in [0.15, 0.2) is 12.1 Å². The van der Waals surface area contributed by atoms with Crippen LogP contribution in [0.2, 0.25) is 0 Å². The van der Waals surface area contributed by atoms with E-state index in [4.69, 9.17) is 0 Å². The Labute approximate surface area is 96.8 Å². The fourth-order valence-electron chi connectivity index (χ4n) is 1.08. The van der Waals surface area contributed by atoms with Crippen molar-refractivity contribution in [1.29, 1.82) is 0 Å². The Balaban J connectivity index is 2.92. The average Bonchev–Trinajstić information content (AvgIpc) is 2.27. The first kappa shape index (κ1) is 12.8. The van der Waals surface area contributed by atoms with Crippen molar-refractivity contribution in [2.75, 3.05) is 6.54 Å². The molecule has 17 heavy (non-hydrogen) atoms. The van der Waals surface area contributed by atoms with Gasteiger partial charge in [0, 0.05) is 6.92 Å². The van der Waals surface area contributed by atoms with Crippen molar-refractivity contribution >= 4 is 12.2 Å². The van der Waals surface area contributed by atoms with Crippen LogP contribution in [0, 0.1) is 23.5 Å². The second kappa shape index (κ2) is 5.75. The molecule has 0 fully saturated rings. The Kier molecular flexibility index (Phi) is 4.35. The van der Waals surface area contributed by atoms with Gasteiger partial charge in [-0.25, -0.2) is 8.78 Å². The monoisotopic (exact) mass is 237 g/mol. The summed E-state index contributed by atoms with van der Waals surface area (Å²) in [7, 11) is 0. The molecule has 0 heterocycles. The number of hydrogen-bond donors (Lipinski definition) is 1. The Morgan fingerprint density at radius 2 is 2.18 bits per heavy atom. The first-order valence-corrected chi connectivity index (χ1v) is 4.72. The first-order valence-electron chi connectivity index (χ1n) is 4.72. The number of halogens is 2. The van der Waals surface area contributed by atoms with E-state index < -0.39 is 17.2 Å². The minimum Gasteiger partial charge on any atom is -0.345 e. The summed E-state index contributed by atoms with van der Waals surface area (Å²) >= 11 is 0. The zero-order valence-corrected chi connectivity index (χ0v) is 9.01. The van der Waals surface area contributed by atoms with E-state index in [9.17, 15) is 18.4 Å². The van der Waals surface area contributed by atoms with Crippen molar-refractivity contribution in [2.24, 2.45) is 0 Å². The fraction of sp³-hybridized carbons (Fsp3) is 0.167. The maximum absolute atomic E-state index is 13.5. The van der Waals surface area contributed by atoms with Crippen LogP contribution in [-0.4, -0.2) is 18.7 Å². The van der Waals surface area contributed by atoms with Gasteiger partial charge in [-0.2, -0.15) is 0 Å². The summed E-state index contributed by atoms with van der Waals surface area (Å²) in [5.74, 6) is 2.72. The van der Waals surface area contributed by atoms with Crippen molar-refractivity contribution in [2.45, 2.75) is 6.92 Å². The molecule has 0 aliphatic rings. The molecule has 0 atom stereocenters. The number of aldehydes is 1. The molecule has 0 saturated carbocycles. The summed E-state index contributed by atoms with van der Waals surface area (Å²) in [5, 5.41) is 2.40.